The number of halogens is 2. The molecule has 3 aromatic carbocycles. The normalized spacial score (nSPS) is 10.9. The molecule has 0 aliphatic rings. The van der Waals surface area contributed by atoms with Gasteiger partial charge >= 0.3 is 0 Å². The lowest BCUT2D eigenvalue weighted by Gasteiger charge is -2.22. The first kappa shape index (κ1) is 54.3. The maximum Gasteiger partial charge on any atom is 0.140 e. The molecule has 0 bridgehead atoms. The van der Waals surface area contributed by atoms with Crippen LogP contribution in [0.4, 0.5) is 0 Å². The first-order chi connectivity index (χ1) is 30.2. The minimum atomic E-state index is 0. The SMILES string of the molecule is C#CC(C)(C)C.Cc1ccc(Br)c(CCc2ccccc2)n1.Cc1ccc(C#CC(C)(C)C)c(CCc2ccccc2)n1.Cc1ccc2cc(C(C)(C)C)n(Cc3ccccc3)c2n1.I. The molecular weight excluding hydrogens is 971 g/mol. The number of benzene rings is 3. The van der Waals surface area contributed by atoms with Gasteiger partial charge in [-0.3, -0.25) is 9.97 Å². The van der Waals surface area contributed by atoms with Crippen LogP contribution < -0.4 is 0 Å². The van der Waals surface area contributed by atoms with Crippen molar-refractivity contribution < 1.29 is 0 Å². The van der Waals surface area contributed by atoms with Crippen molar-refractivity contribution >= 4 is 50.9 Å². The second kappa shape index (κ2) is 25.6. The van der Waals surface area contributed by atoms with Crippen molar-refractivity contribution in [3.8, 4) is 24.2 Å². The Morgan fingerprint density at radius 1 is 0.538 bits per heavy atom. The van der Waals surface area contributed by atoms with Crippen LogP contribution >= 0.6 is 39.9 Å². The number of hydrogen-bond donors (Lipinski definition) is 0. The molecule has 0 N–H and O–H groups in total. The number of terminal acetylenes is 1. The second-order valence-electron chi connectivity index (χ2n) is 19.4. The molecule has 7 aromatic rings. The smallest absolute Gasteiger partial charge is 0.140 e. The van der Waals surface area contributed by atoms with Gasteiger partial charge in [0, 0.05) is 61.0 Å². The number of pyridine rings is 3. The molecule has 0 atom stereocenters. The van der Waals surface area contributed by atoms with E-state index in [1.54, 1.807) is 0 Å². The maximum absolute atomic E-state index is 5.06. The fourth-order valence-electron chi connectivity index (χ4n) is 6.52. The Labute approximate surface area is 417 Å². The maximum atomic E-state index is 5.06. The predicted molar refractivity (Wildman–Crippen MR) is 292 cm³/mol. The molecule has 7 rings (SSSR count). The summed E-state index contributed by atoms with van der Waals surface area (Å²) in [5.74, 6) is 9.21. The Balaban J connectivity index is 0.000000244. The van der Waals surface area contributed by atoms with Crippen LogP contribution in [0.3, 0.4) is 0 Å². The lowest BCUT2D eigenvalue weighted by atomic mass is 9.92. The summed E-state index contributed by atoms with van der Waals surface area (Å²) in [7, 11) is 0. The molecule has 0 fully saturated rings. The summed E-state index contributed by atoms with van der Waals surface area (Å²) in [6.45, 7) is 26.2. The summed E-state index contributed by atoms with van der Waals surface area (Å²) in [5.41, 5.74) is 13.1. The lowest BCUT2D eigenvalue weighted by molar-refractivity contribution is 0.535. The number of aryl methyl sites for hydroxylation is 7. The Bertz CT molecular complexity index is 2630. The summed E-state index contributed by atoms with van der Waals surface area (Å²) in [5, 5.41) is 1.22. The van der Waals surface area contributed by atoms with Crippen LogP contribution in [0.25, 0.3) is 11.0 Å². The molecule has 0 aliphatic carbocycles. The summed E-state index contributed by atoms with van der Waals surface area (Å²) >= 11 is 3.54. The molecule has 0 aliphatic heterocycles. The van der Waals surface area contributed by atoms with Crippen LogP contribution in [0.1, 0.15) is 119 Å². The number of aromatic nitrogens is 4. The highest BCUT2D eigenvalue weighted by atomic mass is 127. The van der Waals surface area contributed by atoms with E-state index in [2.05, 4.69) is 212 Å². The fraction of sp³-hybridized carbons (Fsp3) is 0.339. The van der Waals surface area contributed by atoms with Crippen LogP contribution in [0, 0.1) is 55.8 Å². The predicted octanol–water partition coefficient (Wildman–Crippen LogP) is 15.5. The van der Waals surface area contributed by atoms with Gasteiger partial charge in [-0.1, -0.05) is 124 Å². The first-order valence-electron chi connectivity index (χ1n) is 22.4. The van der Waals surface area contributed by atoms with E-state index in [1.165, 1.54) is 27.8 Å². The topological polar surface area (TPSA) is 43.6 Å². The zero-order valence-electron chi connectivity index (χ0n) is 40.9. The molecule has 0 radical (unpaired) electrons. The van der Waals surface area contributed by atoms with E-state index in [4.69, 9.17) is 11.4 Å². The van der Waals surface area contributed by atoms with Gasteiger partial charge in [0.05, 0.1) is 11.4 Å². The van der Waals surface area contributed by atoms with Crippen molar-refractivity contribution in [1.29, 1.82) is 0 Å². The molecule has 340 valence electrons. The van der Waals surface area contributed by atoms with E-state index >= 15 is 0 Å². The van der Waals surface area contributed by atoms with E-state index in [-0.39, 0.29) is 40.2 Å². The van der Waals surface area contributed by atoms with E-state index in [9.17, 15) is 0 Å². The van der Waals surface area contributed by atoms with Gasteiger partial charge in [-0.05, 0) is 163 Å². The van der Waals surface area contributed by atoms with Crippen molar-refractivity contribution in [3.63, 3.8) is 0 Å². The molecule has 0 saturated carbocycles. The van der Waals surface area contributed by atoms with Gasteiger partial charge in [-0.2, -0.15) is 0 Å². The van der Waals surface area contributed by atoms with Gasteiger partial charge in [0.15, 0.2) is 0 Å². The monoisotopic (exact) mass is 1040 g/mol. The minimum absolute atomic E-state index is 0. The first-order valence-corrected chi connectivity index (χ1v) is 23.2. The van der Waals surface area contributed by atoms with E-state index in [0.29, 0.717) is 0 Å². The largest absolute Gasteiger partial charge is 0.325 e. The van der Waals surface area contributed by atoms with Crippen molar-refractivity contribution in [2.75, 3.05) is 0 Å². The van der Waals surface area contributed by atoms with Crippen LogP contribution in [0.2, 0.25) is 0 Å². The Kier molecular flexibility index (Phi) is 21.4. The molecule has 6 heteroatoms. The van der Waals surface area contributed by atoms with Crippen LogP contribution in [0.15, 0.2) is 138 Å². The quantitative estimate of drug-likeness (QED) is 0.113. The standard InChI is InChI=1S/C20H23N.C19H22N2.C14H14BrN.C6H10.HI/c1-16-10-12-18(14-15-20(2,3)4)19(21-16)13-11-17-8-6-5-7-9-17;1-14-10-11-16-12-17(19(2,3)4)21(18(16)20-14)13-15-8-6-5-7-9-15;1-11-7-9-13(15)14(16-11)10-8-12-5-3-2-4-6-12;1-5-6(2,3)4;/h5-10,12H,11,13H2,1-4H3;5-12H,13H2,1-4H3;2-7,9H,8,10H2,1H3;1H,2-4H3;1H. The Morgan fingerprint density at radius 2 is 0.985 bits per heavy atom. The lowest BCUT2D eigenvalue weighted by Crippen LogP contribution is -2.18. The molecule has 4 nitrogen and oxygen atoms in total. The molecule has 4 aromatic heterocycles. The van der Waals surface area contributed by atoms with E-state index in [1.807, 2.05) is 52.8 Å². The number of fused-ring (bicyclic) bond motifs is 1. The zero-order valence-corrected chi connectivity index (χ0v) is 44.8. The van der Waals surface area contributed by atoms with Crippen molar-refractivity contribution in [2.45, 2.75) is 121 Å². The van der Waals surface area contributed by atoms with Crippen LogP contribution in [-0.2, 0) is 37.6 Å². The molecule has 0 unspecified atom stereocenters. The number of hydrogen-bond acceptors (Lipinski definition) is 3. The van der Waals surface area contributed by atoms with Crippen molar-refractivity contribution in [2.24, 2.45) is 10.8 Å². The third-order valence-corrected chi connectivity index (χ3v) is 10.7. The highest BCUT2D eigenvalue weighted by molar-refractivity contribution is 14.0. The van der Waals surface area contributed by atoms with Gasteiger partial charge in [0.1, 0.15) is 5.65 Å². The Hall–Kier alpha value is -5.02. The average molecular weight is 1040 g/mol. The molecule has 0 saturated heterocycles. The zero-order chi connectivity index (χ0) is 46.9. The third-order valence-electron chi connectivity index (χ3n) is 10.00. The summed E-state index contributed by atoms with van der Waals surface area (Å²) in [4.78, 5) is 14.0. The second-order valence-corrected chi connectivity index (χ2v) is 20.3. The summed E-state index contributed by atoms with van der Waals surface area (Å²) < 4.78 is 3.46. The van der Waals surface area contributed by atoms with Crippen LogP contribution in [0.5, 0.6) is 0 Å². The van der Waals surface area contributed by atoms with Gasteiger partial charge in [0.25, 0.3) is 0 Å². The van der Waals surface area contributed by atoms with Gasteiger partial charge in [-0.15, -0.1) is 36.3 Å². The number of rotatable bonds is 8. The van der Waals surface area contributed by atoms with Crippen molar-refractivity contribution in [1.82, 2.24) is 19.5 Å². The minimum Gasteiger partial charge on any atom is -0.325 e. The molecule has 0 amide bonds. The van der Waals surface area contributed by atoms with Gasteiger partial charge in [0.2, 0.25) is 0 Å². The fourth-order valence-corrected chi connectivity index (χ4v) is 6.94. The van der Waals surface area contributed by atoms with Crippen LogP contribution in [-0.4, -0.2) is 19.5 Å². The molecule has 65 heavy (non-hydrogen) atoms. The van der Waals surface area contributed by atoms with Crippen molar-refractivity contribution in [3.05, 3.63) is 194 Å². The van der Waals surface area contributed by atoms with E-state index in [0.717, 1.165) is 76.4 Å². The van der Waals surface area contributed by atoms with E-state index < -0.39 is 0 Å². The van der Waals surface area contributed by atoms with Gasteiger partial charge < -0.3 is 4.57 Å². The molecule has 4 heterocycles. The summed E-state index contributed by atoms with van der Waals surface area (Å²) in [6.07, 6.45) is 9.00. The molecule has 0 spiro atoms. The highest BCUT2D eigenvalue weighted by Crippen LogP contribution is 2.30. The third kappa shape index (κ3) is 19.5. The molecular formula is C59H70BrIN4. The highest BCUT2D eigenvalue weighted by Gasteiger charge is 2.21. The number of nitrogens with zero attached hydrogens (tertiary/aromatic N) is 4. The Morgan fingerprint density at radius 3 is 1.48 bits per heavy atom. The average Bonchev–Trinajstić information content (AvgIpc) is 3.62. The summed E-state index contributed by atoms with van der Waals surface area (Å²) in [6, 6.07) is 46.4. The van der Waals surface area contributed by atoms with Gasteiger partial charge in [-0.25, -0.2) is 4.98 Å².